The van der Waals surface area contributed by atoms with Crippen molar-refractivity contribution >= 4 is 29.3 Å². The van der Waals surface area contributed by atoms with Gasteiger partial charge in [0.1, 0.15) is 11.8 Å². The van der Waals surface area contributed by atoms with Crippen LogP contribution in [0.2, 0.25) is 0 Å². The molecule has 0 fully saturated rings. The van der Waals surface area contributed by atoms with E-state index in [0.29, 0.717) is 23.3 Å². The van der Waals surface area contributed by atoms with Crippen LogP contribution in [0.1, 0.15) is 43.0 Å². The van der Waals surface area contributed by atoms with Crippen molar-refractivity contribution in [3.8, 4) is 5.75 Å². The van der Waals surface area contributed by atoms with Crippen molar-refractivity contribution in [2.75, 3.05) is 23.0 Å². The summed E-state index contributed by atoms with van der Waals surface area (Å²) >= 11 is 1.61. The van der Waals surface area contributed by atoms with E-state index in [1.165, 1.54) is 5.56 Å². The van der Waals surface area contributed by atoms with Gasteiger partial charge in [-0.25, -0.2) is 4.68 Å². The lowest BCUT2D eigenvalue weighted by molar-refractivity contribution is -0.113. The van der Waals surface area contributed by atoms with E-state index in [4.69, 9.17) is 14.8 Å². The molecule has 0 bridgehead atoms. The van der Waals surface area contributed by atoms with Crippen molar-refractivity contribution in [3.63, 3.8) is 0 Å². The second kappa shape index (κ2) is 12.2. The quantitative estimate of drug-likeness (QED) is 0.220. The number of nitrogens with one attached hydrogen (secondary N) is 2. The van der Waals surface area contributed by atoms with Gasteiger partial charge in [-0.05, 0) is 55.7 Å². The van der Waals surface area contributed by atoms with Crippen molar-refractivity contribution in [1.29, 1.82) is 0 Å². The lowest BCUT2D eigenvalue weighted by Crippen LogP contribution is -2.31. The van der Waals surface area contributed by atoms with Gasteiger partial charge in [0.25, 0.3) is 5.91 Å². The maximum atomic E-state index is 13.7. The minimum atomic E-state index is -0.437. The maximum absolute atomic E-state index is 13.7. The number of hydrogen-bond donors (Lipinski definition) is 2. The predicted octanol–water partition coefficient (Wildman–Crippen LogP) is 6.64. The van der Waals surface area contributed by atoms with Crippen molar-refractivity contribution in [2.24, 2.45) is 0 Å². The number of thioether (sulfide) groups is 1. The lowest BCUT2D eigenvalue weighted by Gasteiger charge is -2.28. The van der Waals surface area contributed by atoms with Crippen LogP contribution in [0.3, 0.4) is 0 Å². The average Bonchev–Trinajstić information content (AvgIpc) is 3.35. The molecule has 2 N–H and O–H groups in total. The molecule has 200 valence electrons. The van der Waals surface area contributed by atoms with Gasteiger partial charge < -0.3 is 15.4 Å². The number of hydrogen-bond acceptors (Lipinski definition) is 6. The van der Waals surface area contributed by atoms with Gasteiger partial charge >= 0.3 is 0 Å². The second-order valence-corrected chi connectivity index (χ2v) is 10.6. The molecule has 5 rings (SSSR count). The van der Waals surface area contributed by atoms with Gasteiger partial charge in [-0.1, -0.05) is 78.8 Å². The van der Waals surface area contributed by atoms with Crippen LogP contribution >= 0.6 is 11.8 Å². The second-order valence-electron chi connectivity index (χ2n) is 9.55. The van der Waals surface area contributed by atoms with Gasteiger partial charge in [-0.2, -0.15) is 4.98 Å². The van der Waals surface area contributed by atoms with Crippen molar-refractivity contribution < 1.29 is 9.53 Å². The Balaban J connectivity index is 1.41. The van der Waals surface area contributed by atoms with Crippen LogP contribution in [-0.2, 0) is 11.2 Å². The van der Waals surface area contributed by atoms with Crippen molar-refractivity contribution in [3.05, 3.63) is 107 Å². The van der Waals surface area contributed by atoms with Crippen LogP contribution in [-0.4, -0.2) is 33.0 Å². The fourth-order valence-corrected chi connectivity index (χ4v) is 5.18. The Morgan fingerprint density at radius 1 is 1.03 bits per heavy atom. The molecule has 39 heavy (non-hydrogen) atoms. The highest BCUT2D eigenvalue weighted by molar-refractivity contribution is 7.99. The van der Waals surface area contributed by atoms with Crippen LogP contribution in [0.15, 0.2) is 95.3 Å². The Morgan fingerprint density at radius 3 is 2.49 bits per heavy atom. The molecule has 0 saturated carbocycles. The average molecular weight is 540 g/mol. The summed E-state index contributed by atoms with van der Waals surface area (Å²) in [5, 5.41) is 11.9. The van der Waals surface area contributed by atoms with E-state index in [1.807, 2.05) is 85.3 Å². The summed E-state index contributed by atoms with van der Waals surface area (Å²) in [6, 6.07) is 25.6. The number of amides is 1. The van der Waals surface area contributed by atoms with Gasteiger partial charge in [0.05, 0.1) is 12.2 Å². The van der Waals surface area contributed by atoms with Crippen LogP contribution < -0.4 is 15.4 Å². The smallest absolute Gasteiger partial charge is 0.255 e. The van der Waals surface area contributed by atoms with Crippen molar-refractivity contribution in [1.82, 2.24) is 14.8 Å². The van der Waals surface area contributed by atoms with Crippen LogP contribution in [0, 0.1) is 6.92 Å². The summed E-state index contributed by atoms with van der Waals surface area (Å²) < 4.78 is 7.83. The van der Waals surface area contributed by atoms with Crippen LogP contribution in [0.5, 0.6) is 5.75 Å². The molecule has 0 saturated heterocycles. The lowest BCUT2D eigenvalue weighted by atomic mass is 9.95. The Hall–Kier alpha value is -4.04. The summed E-state index contributed by atoms with van der Waals surface area (Å²) in [7, 11) is 0. The SMILES string of the molecule is CCCSc1nc2n(n1)C(c1ccc(OCCc3ccccc3)cc1)C(C(=O)Nc1ccc(C)cc1)=C(C)N2. The largest absolute Gasteiger partial charge is 0.493 e. The van der Waals surface area contributed by atoms with E-state index < -0.39 is 6.04 Å². The zero-order chi connectivity index (χ0) is 27.2. The third kappa shape index (κ3) is 6.34. The molecule has 7 nitrogen and oxygen atoms in total. The summed E-state index contributed by atoms with van der Waals surface area (Å²) in [5.74, 6) is 2.16. The zero-order valence-corrected chi connectivity index (χ0v) is 23.3. The van der Waals surface area contributed by atoms with Crippen LogP contribution in [0.4, 0.5) is 11.6 Å². The zero-order valence-electron chi connectivity index (χ0n) is 22.5. The molecular weight excluding hydrogens is 506 g/mol. The highest BCUT2D eigenvalue weighted by atomic mass is 32.2. The third-order valence-corrected chi connectivity index (χ3v) is 7.56. The Bertz CT molecular complexity index is 1450. The number of anilines is 2. The standard InChI is InChI=1S/C31H33N5O2S/c1-4-20-39-31-34-30-32-22(3)27(29(37)33-25-14-10-21(2)11-15-25)28(36(30)35-31)24-12-16-26(17-13-24)38-19-18-23-8-6-5-7-9-23/h5-17,28H,4,18-20H2,1-3H3,(H,33,37)(H,32,34,35). The molecule has 1 amide bonds. The minimum absolute atomic E-state index is 0.180. The molecule has 4 aromatic rings. The molecule has 1 aliphatic rings. The van der Waals surface area contributed by atoms with Gasteiger partial charge in [0.2, 0.25) is 11.1 Å². The van der Waals surface area contributed by atoms with Gasteiger partial charge in [-0.3, -0.25) is 4.79 Å². The number of carbonyl (C=O) groups is 1. The highest BCUT2D eigenvalue weighted by Gasteiger charge is 2.34. The fourth-order valence-electron chi connectivity index (χ4n) is 4.50. The molecule has 1 aromatic heterocycles. The first-order valence-corrected chi connectivity index (χ1v) is 14.2. The Kier molecular flexibility index (Phi) is 8.32. The molecule has 8 heteroatoms. The number of aryl methyl sites for hydroxylation is 1. The highest BCUT2D eigenvalue weighted by Crippen LogP contribution is 2.37. The van der Waals surface area contributed by atoms with E-state index in [2.05, 4.69) is 29.7 Å². The minimum Gasteiger partial charge on any atom is -0.493 e. The summed E-state index contributed by atoms with van der Waals surface area (Å²) in [6.07, 6.45) is 1.86. The predicted molar refractivity (Wildman–Crippen MR) is 157 cm³/mol. The third-order valence-electron chi connectivity index (χ3n) is 6.52. The molecule has 0 spiro atoms. The van der Waals surface area contributed by atoms with E-state index >= 15 is 0 Å². The molecule has 1 aliphatic heterocycles. The molecule has 0 radical (unpaired) electrons. The monoisotopic (exact) mass is 539 g/mol. The van der Waals surface area contributed by atoms with E-state index in [9.17, 15) is 4.79 Å². The number of fused-ring (bicyclic) bond motifs is 1. The maximum Gasteiger partial charge on any atom is 0.255 e. The number of nitrogens with zero attached hydrogens (tertiary/aromatic N) is 3. The number of benzene rings is 3. The molecule has 1 unspecified atom stereocenters. The summed E-state index contributed by atoms with van der Waals surface area (Å²) in [5.41, 5.74) is 5.39. The summed E-state index contributed by atoms with van der Waals surface area (Å²) in [4.78, 5) is 18.4. The molecule has 2 heterocycles. The molecule has 1 atom stereocenters. The number of rotatable bonds is 10. The number of allylic oxidation sites excluding steroid dienone is 1. The normalized spacial score (nSPS) is 14.5. The fraction of sp³-hybridized carbons (Fsp3) is 0.258. The Labute approximate surface area is 233 Å². The first-order valence-electron chi connectivity index (χ1n) is 13.2. The number of carbonyl (C=O) groups excluding carboxylic acids is 1. The van der Waals surface area contributed by atoms with Crippen molar-refractivity contribution in [2.45, 2.75) is 44.8 Å². The van der Waals surface area contributed by atoms with Gasteiger partial charge in [0, 0.05) is 23.6 Å². The molecular formula is C31H33N5O2S. The molecule has 3 aromatic carbocycles. The first kappa shape index (κ1) is 26.6. The van der Waals surface area contributed by atoms with Gasteiger partial charge in [-0.15, -0.1) is 5.10 Å². The van der Waals surface area contributed by atoms with Gasteiger partial charge in [0.15, 0.2) is 0 Å². The number of ether oxygens (including phenoxy) is 1. The topological polar surface area (TPSA) is 81.1 Å². The van der Waals surface area contributed by atoms with E-state index in [-0.39, 0.29) is 5.91 Å². The first-order chi connectivity index (χ1) is 19.0. The van der Waals surface area contributed by atoms with E-state index in [0.717, 1.165) is 46.9 Å². The summed E-state index contributed by atoms with van der Waals surface area (Å²) in [6.45, 7) is 6.65. The van der Waals surface area contributed by atoms with Crippen LogP contribution in [0.25, 0.3) is 0 Å². The number of aromatic nitrogens is 3. The molecule has 0 aliphatic carbocycles. The van der Waals surface area contributed by atoms with E-state index in [1.54, 1.807) is 11.8 Å². The Morgan fingerprint density at radius 2 is 1.77 bits per heavy atom.